The molecular formula is C12H15N5O. The van der Waals surface area contributed by atoms with E-state index < -0.39 is 0 Å². The predicted octanol–water partition coefficient (Wildman–Crippen LogP) is -0.271. The third-order valence-corrected chi connectivity index (χ3v) is 3.14. The summed E-state index contributed by atoms with van der Waals surface area (Å²) in [5.74, 6) is 0.847. The molecule has 2 aromatic heterocycles. The first-order chi connectivity index (χ1) is 8.79. The van der Waals surface area contributed by atoms with Crippen LogP contribution in [0.5, 0.6) is 0 Å². The number of nitrogens with one attached hydrogen (secondary N) is 1. The molecule has 1 amide bonds. The lowest BCUT2D eigenvalue weighted by Gasteiger charge is -2.27. The minimum absolute atomic E-state index is 0.0290. The van der Waals surface area contributed by atoms with Crippen LogP contribution >= 0.6 is 0 Å². The lowest BCUT2D eigenvalue weighted by Crippen LogP contribution is -2.48. The van der Waals surface area contributed by atoms with Gasteiger partial charge in [0.25, 0.3) is 0 Å². The van der Waals surface area contributed by atoms with Crippen LogP contribution in [0.4, 0.5) is 5.82 Å². The SMILES string of the molecule is NCc1c(N2CCNC(=O)C2)nc2ccccn12. The van der Waals surface area contributed by atoms with Crippen LogP contribution in [0.25, 0.3) is 5.65 Å². The lowest BCUT2D eigenvalue weighted by molar-refractivity contribution is -0.120. The zero-order chi connectivity index (χ0) is 12.5. The van der Waals surface area contributed by atoms with E-state index >= 15 is 0 Å². The summed E-state index contributed by atoms with van der Waals surface area (Å²) in [5, 5.41) is 2.81. The van der Waals surface area contributed by atoms with Gasteiger partial charge in [0.2, 0.25) is 5.91 Å². The second kappa shape index (κ2) is 4.30. The van der Waals surface area contributed by atoms with E-state index in [2.05, 4.69) is 10.3 Å². The van der Waals surface area contributed by atoms with Gasteiger partial charge in [0, 0.05) is 25.8 Å². The summed E-state index contributed by atoms with van der Waals surface area (Å²) < 4.78 is 1.97. The molecule has 2 aromatic rings. The van der Waals surface area contributed by atoms with E-state index in [1.807, 2.05) is 33.7 Å². The summed E-state index contributed by atoms with van der Waals surface area (Å²) in [5.41, 5.74) is 7.62. The van der Waals surface area contributed by atoms with E-state index in [9.17, 15) is 4.79 Å². The number of carbonyl (C=O) groups excluding carboxylic acids is 1. The van der Waals surface area contributed by atoms with Crippen molar-refractivity contribution in [1.29, 1.82) is 0 Å². The first-order valence-electron chi connectivity index (χ1n) is 5.97. The van der Waals surface area contributed by atoms with Crippen LogP contribution in [0, 0.1) is 0 Å². The Balaban J connectivity index is 2.07. The number of aromatic nitrogens is 2. The molecule has 0 saturated carbocycles. The monoisotopic (exact) mass is 245 g/mol. The summed E-state index contributed by atoms with van der Waals surface area (Å²) >= 11 is 0. The van der Waals surface area contributed by atoms with Crippen molar-refractivity contribution in [2.24, 2.45) is 5.73 Å². The Bertz CT molecular complexity index is 591. The second-order valence-corrected chi connectivity index (χ2v) is 4.29. The van der Waals surface area contributed by atoms with Crippen LogP contribution in [0.1, 0.15) is 5.69 Å². The van der Waals surface area contributed by atoms with Gasteiger partial charge in [-0.1, -0.05) is 6.07 Å². The Morgan fingerprint density at radius 2 is 2.33 bits per heavy atom. The van der Waals surface area contributed by atoms with Crippen LogP contribution in [0.15, 0.2) is 24.4 Å². The molecule has 94 valence electrons. The molecule has 1 aliphatic heterocycles. The number of fused-ring (bicyclic) bond motifs is 1. The molecule has 1 aliphatic rings. The van der Waals surface area contributed by atoms with Gasteiger partial charge in [-0.15, -0.1) is 0 Å². The maximum absolute atomic E-state index is 11.4. The average Bonchev–Trinajstić information content (AvgIpc) is 2.77. The summed E-state index contributed by atoms with van der Waals surface area (Å²) in [6, 6.07) is 5.82. The van der Waals surface area contributed by atoms with E-state index in [4.69, 9.17) is 5.73 Å². The molecule has 0 aromatic carbocycles. The molecule has 0 radical (unpaired) electrons. The van der Waals surface area contributed by atoms with Crippen LogP contribution in [0.3, 0.4) is 0 Å². The number of hydrogen-bond acceptors (Lipinski definition) is 4. The first-order valence-corrected chi connectivity index (χ1v) is 5.97. The Morgan fingerprint density at radius 3 is 3.11 bits per heavy atom. The third-order valence-electron chi connectivity index (χ3n) is 3.14. The van der Waals surface area contributed by atoms with Gasteiger partial charge in [-0.2, -0.15) is 0 Å². The average molecular weight is 245 g/mol. The summed E-state index contributed by atoms with van der Waals surface area (Å²) in [7, 11) is 0. The van der Waals surface area contributed by atoms with Gasteiger partial charge in [0.1, 0.15) is 5.65 Å². The number of rotatable bonds is 2. The molecule has 0 aliphatic carbocycles. The van der Waals surface area contributed by atoms with Gasteiger partial charge >= 0.3 is 0 Å². The fourth-order valence-electron chi connectivity index (χ4n) is 2.30. The van der Waals surface area contributed by atoms with E-state index in [0.29, 0.717) is 19.6 Å². The highest BCUT2D eigenvalue weighted by Gasteiger charge is 2.22. The molecule has 0 unspecified atom stereocenters. The number of imidazole rings is 1. The normalized spacial score (nSPS) is 16.1. The van der Waals surface area contributed by atoms with Crippen molar-refractivity contribution in [2.45, 2.75) is 6.54 Å². The minimum Gasteiger partial charge on any atom is -0.353 e. The van der Waals surface area contributed by atoms with Crippen molar-refractivity contribution < 1.29 is 4.79 Å². The summed E-state index contributed by atoms with van der Waals surface area (Å²) in [6.07, 6.45) is 1.94. The summed E-state index contributed by atoms with van der Waals surface area (Å²) in [6.45, 7) is 2.16. The number of piperazine rings is 1. The molecule has 1 fully saturated rings. The zero-order valence-corrected chi connectivity index (χ0v) is 9.97. The number of amides is 1. The number of nitrogens with two attached hydrogens (primary N) is 1. The molecule has 6 heteroatoms. The van der Waals surface area contributed by atoms with Crippen LogP contribution < -0.4 is 16.0 Å². The van der Waals surface area contributed by atoms with Crippen molar-refractivity contribution in [1.82, 2.24) is 14.7 Å². The van der Waals surface area contributed by atoms with Crippen LogP contribution in [0.2, 0.25) is 0 Å². The second-order valence-electron chi connectivity index (χ2n) is 4.29. The van der Waals surface area contributed by atoms with Gasteiger partial charge in [-0.05, 0) is 12.1 Å². The zero-order valence-electron chi connectivity index (χ0n) is 9.97. The lowest BCUT2D eigenvalue weighted by atomic mass is 10.3. The highest BCUT2D eigenvalue weighted by molar-refractivity contribution is 5.82. The van der Waals surface area contributed by atoms with Crippen molar-refractivity contribution >= 4 is 17.4 Å². The number of nitrogens with zero attached hydrogens (tertiary/aromatic N) is 3. The van der Waals surface area contributed by atoms with Crippen molar-refractivity contribution in [2.75, 3.05) is 24.5 Å². The topological polar surface area (TPSA) is 75.7 Å². The Kier molecular flexibility index (Phi) is 2.64. The smallest absolute Gasteiger partial charge is 0.239 e. The fraction of sp³-hybridized carbons (Fsp3) is 0.333. The van der Waals surface area contributed by atoms with E-state index in [0.717, 1.165) is 23.7 Å². The largest absolute Gasteiger partial charge is 0.353 e. The molecule has 6 nitrogen and oxygen atoms in total. The molecular weight excluding hydrogens is 230 g/mol. The van der Waals surface area contributed by atoms with Gasteiger partial charge in [0.05, 0.1) is 12.2 Å². The number of pyridine rings is 1. The maximum atomic E-state index is 11.4. The molecule has 3 N–H and O–H groups in total. The van der Waals surface area contributed by atoms with E-state index in [1.165, 1.54) is 0 Å². The first kappa shape index (κ1) is 11.0. The Hall–Kier alpha value is -2.08. The number of anilines is 1. The standard InChI is InChI=1S/C12H15N5O/c13-7-9-12(16-6-4-14-11(18)8-16)15-10-3-1-2-5-17(9)10/h1-3,5H,4,6-8,13H2,(H,14,18). The fourth-order valence-corrected chi connectivity index (χ4v) is 2.30. The quantitative estimate of drug-likeness (QED) is 0.763. The summed E-state index contributed by atoms with van der Waals surface area (Å²) in [4.78, 5) is 18.0. The highest BCUT2D eigenvalue weighted by atomic mass is 16.2. The molecule has 3 rings (SSSR count). The van der Waals surface area contributed by atoms with Crippen LogP contribution in [-0.2, 0) is 11.3 Å². The van der Waals surface area contributed by atoms with Gasteiger partial charge < -0.3 is 20.4 Å². The molecule has 0 spiro atoms. The molecule has 0 bridgehead atoms. The number of carbonyl (C=O) groups is 1. The van der Waals surface area contributed by atoms with Gasteiger partial charge in [-0.25, -0.2) is 4.98 Å². The van der Waals surface area contributed by atoms with E-state index in [1.54, 1.807) is 0 Å². The molecule has 3 heterocycles. The maximum Gasteiger partial charge on any atom is 0.239 e. The predicted molar refractivity (Wildman–Crippen MR) is 68.3 cm³/mol. The third kappa shape index (κ3) is 1.70. The molecule has 0 atom stereocenters. The Morgan fingerprint density at radius 1 is 1.44 bits per heavy atom. The van der Waals surface area contributed by atoms with Crippen molar-refractivity contribution in [3.8, 4) is 0 Å². The van der Waals surface area contributed by atoms with Crippen LogP contribution in [-0.4, -0.2) is 34.9 Å². The highest BCUT2D eigenvalue weighted by Crippen LogP contribution is 2.21. The van der Waals surface area contributed by atoms with E-state index in [-0.39, 0.29) is 5.91 Å². The Labute approximate surface area is 104 Å². The van der Waals surface area contributed by atoms with Gasteiger partial charge in [0.15, 0.2) is 5.82 Å². The van der Waals surface area contributed by atoms with Crippen molar-refractivity contribution in [3.05, 3.63) is 30.1 Å². The number of hydrogen-bond donors (Lipinski definition) is 2. The molecule has 18 heavy (non-hydrogen) atoms. The van der Waals surface area contributed by atoms with Gasteiger partial charge in [-0.3, -0.25) is 4.79 Å². The molecule has 1 saturated heterocycles. The van der Waals surface area contributed by atoms with Crippen molar-refractivity contribution in [3.63, 3.8) is 0 Å². The minimum atomic E-state index is 0.0290.